The van der Waals surface area contributed by atoms with Crippen LogP contribution in [0.15, 0.2) is 29.7 Å². The van der Waals surface area contributed by atoms with Crippen LogP contribution in [0.1, 0.15) is 5.56 Å². The van der Waals surface area contributed by atoms with Crippen LogP contribution < -0.4 is 5.56 Å². The van der Waals surface area contributed by atoms with Crippen molar-refractivity contribution in [3.05, 3.63) is 40.8 Å². The van der Waals surface area contributed by atoms with E-state index < -0.39 is 0 Å². The van der Waals surface area contributed by atoms with Crippen molar-refractivity contribution in [3.8, 4) is 0 Å². The van der Waals surface area contributed by atoms with Crippen LogP contribution in [0.2, 0.25) is 0 Å². The monoisotopic (exact) mass is 121 g/mol. The molecule has 1 N–H and O–H groups in total. The molecule has 1 aromatic heterocycles. The molecule has 0 radical (unpaired) electrons. The second-order valence-corrected chi connectivity index (χ2v) is 1.69. The topological polar surface area (TPSA) is 32.9 Å². The van der Waals surface area contributed by atoms with Gasteiger partial charge in [0.2, 0.25) is 5.56 Å². The Balaban J connectivity index is 3.16. The lowest BCUT2D eigenvalue weighted by molar-refractivity contribution is 1.23. The number of hydrogen-bond acceptors (Lipinski definition) is 1. The van der Waals surface area contributed by atoms with Crippen LogP contribution in [0.5, 0.6) is 0 Å². The van der Waals surface area contributed by atoms with E-state index in [1.807, 2.05) is 0 Å². The highest BCUT2D eigenvalue weighted by molar-refractivity contribution is 5.44. The molecular weight excluding hydrogens is 114 g/mol. The molecular formula is C7H7NO. The summed E-state index contributed by atoms with van der Waals surface area (Å²) < 4.78 is 0. The number of nitrogens with one attached hydrogen (secondary N) is 1. The molecule has 0 aromatic carbocycles. The minimum Gasteiger partial charge on any atom is -0.329 e. The molecule has 0 aliphatic carbocycles. The van der Waals surface area contributed by atoms with Crippen molar-refractivity contribution in [1.82, 2.24) is 4.98 Å². The molecule has 0 atom stereocenters. The number of pyridine rings is 1. The van der Waals surface area contributed by atoms with Gasteiger partial charge < -0.3 is 4.98 Å². The zero-order valence-electron chi connectivity index (χ0n) is 4.92. The number of rotatable bonds is 1. The fourth-order valence-electron chi connectivity index (χ4n) is 0.550. The molecule has 0 saturated carbocycles. The molecule has 2 nitrogen and oxygen atoms in total. The maximum absolute atomic E-state index is 10.4. The fraction of sp³-hybridized carbons (Fsp3) is 0. The molecule has 0 aliphatic heterocycles. The molecule has 1 heterocycles. The largest absolute Gasteiger partial charge is 0.329 e. The first-order chi connectivity index (χ1) is 4.33. The fourth-order valence-corrected chi connectivity index (χ4v) is 0.550. The van der Waals surface area contributed by atoms with Gasteiger partial charge in [-0.2, -0.15) is 0 Å². The summed E-state index contributed by atoms with van der Waals surface area (Å²) in [7, 11) is 0. The first-order valence-corrected chi connectivity index (χ1v) is 2.64. The average molecular weight is 121 g/mol. The Hall–Kier alpha value is -1.31. The molecule has 0 spiro atoms. The summed E-state index contributed by atoms with van der Waals surface area (Å²) in [5.41, 5.74) is 0.843. The maximum atomic E-state index is 10.4. The molecule has 0 aliphatic rings. The van der Waals surface area contributed by atoms with Gasteiger partial charge in [-0.05, 0) is 11.6 Å². The normalized spacial score (nSPS) is 8.89. The smallest absolute Gasteiger partial charge is 0.247 e. The van der Waals surface area contributed by atoms with Gasteiger partial charge in [0.15, 0.2) is 0 Å². The third-order valence-electron chi connectivity index (χ3n) is 1.04. The van der Waals surface area contributed by atoms with Crippen molar-refractivity contribution in [1.29, 1.82) is 0 Å². The zero-order chi connectivity index (χ0) is 6.69. The van der Waals surface area contributed by atoms with E-state index in [-0.39, 0.29) is 5.56 Å². The number of aromatic nitrogens is 1. The second-order valence-electron chi connectivity index (χ2n) is 1.69. The van der Waals surface area contributed by atoms with E-state index in [1.54, 1.807) is 18.3 Å². The number of aromatic amines is 1. The SMILES string of the molecule is C=Cc1ccc(=O)[nH]c1. The Morgan fingerprint density at radius 1 is 1.56 bits per heavy atom. The Morgan fingerprint density at radius 3 is 2.78 bits per heavy atom. The molecule has 0 fully saturated rings. The van der Waals surface area contributed by atoms with E-state index in [0.717, 1.165) is 5.56 Å². The van der Waals surface area contributed by atoms with Crippen molar-refractivity contribution < 1.29 is 0 Å². The molecule has 46 valence electrons. The molecule has 1 rings (SSSR count). The van der Waals surface area contributed by atoms with Gasteiger partial charge in [0.1, 0.15) is 0 Å². The van der Waals surface area contributed by atoms with Crippen LogP contribution in [0, 0.1) is 0 Å². The van der Waals surface area contributed by atoms with E-state index in [2.05, 4.69) is 11.6 Å². The summed E-state index contributed by atoms with van der Waals surface area (Å²) in [5, 5.41) is 0. The molecule has 0 unspecified atom stereocenters. The van der Waals surface area contributed by atoms with Gasteiger partial charge in [-0.1, -0.05) is 12.7 Å². The van der Waals surface area contributed by atoms with Gasteiger partial charge in [-0.15, -0.1) is 0 Å². The van der Waals surface area contributed by atoms with Crippen LogP contribution in [-0.2, 0) is 0 Å². The zero-order valence-corrected chi connectivity index (χ0v) is 4.92. The van der Waals surface area contributed by atoms with Gasteiger partial charge in [0, 0.05) is 12.3 Å². The summed E-state index contributed by atoms with van der Waals surface area (Å²) in [4.78, 5) is 13.0. The standard InChI is InChI=1S/C7H7NO/c1-2-6-3-4-7(9)8-5-6/h2-5H,1H2,(H,8,9). The van der Waals surface area contributed by atoms with E-state index in [9.17, 15) is 4.79 Å². The van der Waals surface area contributed by atoms with Gasteiger partial charge in [-0.25, -0.2) is 0 Å². The van der Waals surface area contributed by atoms with E-state index in [0.29, 0.717) is 0 Å². The lowest BCUT2D eigenvalue weighted by Gasteiger charge is -1.86. The Morgan fingerprint density at radius 2 is 2.33 bits per heavy atom. The van der Waals surface area contributed by atoms with Gasteiger partial charge in [-0.3, -0.25) is 4.79 Å². The lowest BCUT2D eigenvalue weighted by Crippen LogP contribution is -2.00. The van der Waals surface area contributed by atoms with Crippen molar-refractivity contribution in [2.75, 3.05) is 0 Å². The molecule has 0 saturated heterocycles. The predicted octanol–water partition coefficient (Wildman–Crippen LogP) is 1.02. The minimum atomic E-state index is -0.0828. The van der Waals surface area contributed by atoms with Gasteiger partial charge >= 0.3 is 0 Å². The highest BCUT2D eigenvalue weighted by Crippen LogP contribution is 1.91. The number of H-pyrrole nitrogens is 1. The molecule has 0 bridgehead atoms. The van der Waals surface area contributed by atoms with Crippen molar-refractivity contribution in [3.63, 3.8) is 0 Å². The van der Waals surface area contributed by atoms with E-state index in [4.69, 9.17) is 0 Å². The van der Waals surface area contributed by atoms with E-state index in [1.165, 1.54) is 6.07 Å². The molecule has 9 heavy (non-hydrogen) atoms. The maximum Gasteiger partial charge on any atom is 0.247 e. The molecule has 0 amide bonds. The quantitative estimate of drug-likeness (QED) is 0.591. The van der Waals surface area contributed by atoms with E-state index >= 15 is 0 Å². The first-order valence-electron chi connectivity index (χ1n) is 2.64. The first kappa shape index (κ1) is 5.82. The van der Waals surface area contributed by atoms with Gasteiger partial charge in [0.05, 0.1) is 0 Å². The minimum absolute atomic E-state index is 0.0828. The number of hydrogen-bond donors (Lipinski definition) is 1. The Bertz CT molecular complexity index is 241. The highest BCUT2D eigenvalue weighted by atomic mass is 16.1. The predicted molar refractivity (Wildman–Crippen MR) is 37.2 cm³/mol. The average Bonchev–Trinajstić information content (AvgIpc) is 1.90. The Kier molecular flexibility index (Phi) is 1.49. The van der Waals surface area contributed by atoms with Crippen LogP contribution in [0.25, 0.3) is 6.08 Å². The third kappa shape index (κ3) is 1.29. The summed E-state index contributed by atoms with van der Waals surface area (Å²) in [5.74, 6) is 0. The van der Waals surface area contributed by atoms with Crippen molar-refractivity contribution >= 4 is 6.08 Å². The highest BCUT2D eigenvalue weighted by Gasteiger charge is 1.81. The molecule has 1 aromatic rings. The van der Waals surface area contributed by atoms with Crippen LogP contribution in [-0.4, -0.2) is 4.98 Å². The summed E-state index contributed by atoms with van der Waals surface area (Å²) >= 11 is 0. The third-order valence-corrected chi connectivity index (χ3v) is 1.04. The summed E-state index contributed by atoms with van der Waals surface area (Å²) in [6, 6.07) is 3.18. The second kappa shape index (κ2) is 2.31. The Labute approximate surface area is 52.9 Å². The van der Waals surface area contributed by atoms with Gasteiger partial charge in [0.25, 0.3) is 0 Å². The lowest BCUT2D eigenvalue weighted by atomic mass is 10.3. The summed E-state index contributed by atoms with van der Waals surface area (Å²) in [6.45, 7) is 3.54. The van der Waals surface area contributed by atoms with Crippen molar-refractivity contribution in [2.24, 2.45) is 0 Å². The summed E-state index contributed by atoms with van der Waals surface area (Å²) in [6.07, 6.45) is 3.30. The van der Waals surface area contributed by atoms with Crippen LogP contribution >= 0.6 is 0 Å². The van der Waals surface area contributed by atoms with Crippen molar-refractivity contribution in [2.45, 2.75) is 0 Å². The van der Waals surface area contributed by atoms with Crippen LogP contribution in [0.3, 0.4) is 0 Å². The molecule has 2 heteroatoms. The van der Waals surface area contributed by atoms with Crippen LogP contribution in [0.4, 0.5) is 0 Å².